The van der Waals surface area contributed by atoms with Crippen LogP contribution in [0.5, 0.6) is 0 Å². The number of fused-ring (bicyclic) bond motifs is 1. The Morgan fingerprint density at radius 3 is 2.17 bits per heavy atom. The molecule has 1 aliphatic rings. The Morgan fingerprint density at radius 2 is 1.54 bits per heavy atom. The third kappa shape index (κ3) is 4.14. The van der Waals surface area contributed by atoms with Crippen molar-refractivity contribution in [2.24, 2.45) is 11.8 Å². The van der Waals surface area contributed by atoms with Gasteiger partial charge in [-0.1, -0.05) is 40.2 Å². The van der Waals surface area contributed by atoms with Gasteiger partial charge in [-0.2, -0.15) is 0 Å². The first-order chi connectivity index (χ1) is 11.3. The van der Waals surface area contributed by atoms with Crippen LogP contribution in [-0.4, -0.2) is 16.7 Å². The fourth-order valence-corrected chi connectivity index (χ4v) is 3.05. The predicted molar refractivity (Wildman–Crippen MR) is 97.2 cm³/mol. The van der Waals surface area contributed by atoms with Crippen molar-refractivity contribution < 1.29 is 14.7 Å². The van der Waals surface area contributed by atoms with Gasteiger partial charge in [-0.05, 0) is 55.2 Å². The van der Waals surface area contributed by atoms with Crippen LogP contribution in [0, 0.1) is 11.8 Å². The molecule has 2 rings (SSSR count). The number of carbonyl (C=O) groups excluding carboxylic acids is 2. The van der Waals surface area contributed by atoms with Crippen molar-refractivity contribution in [2.45, 2.75) is 59.8 Å². The molecule has 3 nitrogen and oxygen atoms in total. The molecular formula is C21H28O3. The third-order valence-electron chi connectivity index (χ3n) is 4.57. The topological polar surface area (TPSA) is 54.4 Å². The summed E-state index contributed by atoms with van der Waals surface area (Å²) in [7, 11) is 0. The van der Waals surface area contributed by atoms with E-state index in [0.717, 1.165) is 31.2 Å². The van der Waals surface area contributed by atoms with Gasteiger partial charge in [0, 0.05) is 16.7 Å². The van der Waals surface area contributed by atoms with Crippen molar-refractivity contribution in [3.63, 3.8) is 0 Å². The van der Waals surface area contributed by atoms with E-state index in [9.17, 15) is 14.7 Å². The van der Waals surface area contributed by atoms with E-state index >= 15 is 0 Å². The maximum absolute atomic E-state index is 12.3. The van der Waals surface area contributed by atoms with Gasteiger partial charge in [-0.25, -0.2) is 0 Å². The summed E-state index contributed by atoms with van der Waals surface area (Å²) in [5.74, 6) is 0.0409. The second-order valence-corrected chi connectivity index (χ2v) is 7.58. The van der Waals surface area contributed by atoms with Crippen LogP contribution in [-0.2, 0) is 11.2 Å². The lowest BCUT2D eigenvalue weighted by Crippen LogP contribution is -2.24. The molecule has 0 unspecified atom stereocenters. The number of aliphatic hydroxyl groups is 1. The highest BCUT2D eigenvalue weighted by Crippen LogP contribution is 2.31. The Morgan fingerprint density at radius 1 is 0.875 bits per heavy atom. The van der Waals surface area contributed by atoms with Gasteiger partial charge in [0.15, 0.2) is 0 Å². The van der Waals surface area contributed by atoms with Crippen LogP contribution in [0.4, 0.5) is 0 Å². The highest BCUT2D eigenvalue weighted by Gasteiger charge is 2.32. The average molecular weight is 328 g/mol. The standard InChI is InChI=1S/C21H28O3/c1-13(2)6-5-7-15-9-11-16-18(12-15)19(22)17(10-8-14(3)4)21(24)20(16)23/h9,11-14,22H,5-8,10H2,1-4H3. The van der Waals surface area contributed by atoms with Crippen molar-refractivity contribution in [1.29, 1.82) is 0 Å². The first-order valence-corrected chi connectivity index (χ1v) is 8.95. The molecule has 1 aromatic rings. The third-order valence-corrected chi connectivity index (χ3v) is 4.57. The molecule has 0 aliphatic heterocycles. The second kappa shape index (κ2) is 7.78. The maximum Gasteiger partial charge on any atom is 0.234 e. The molecule has 1 N–H and O–H groups in total. The van der Waals surface area contributed by atoms with Crippen molar-refractivity contribution in [3.8, 4) is 0 Å². The Bertz CT molecular complexity index is 666. The normalized spacial score (nSPS) is 14.8. The Hall–Kier alpha value is -1.90. The van der Waals surface area contributed by atoms with E-state index in [1.165, 1.54) is 0 Å². The minimum Gasteiger partial charge on any atom is -0.507 e. The lowest BCUT2D eigenvalue weighted by molar-refractivity contribution is -0.112. The number of carbonyl (C=O) groups is 2. The molecule has 1 aromatic carbocycles. The molecule has 0 saturated carbocycles. The van der Waals surface area contributed by atoms with Crippen LogP contribution < -0.4 is 0 Å². The summed E-state index contributed by atoms with van der Waals surface area (Å²) in [6.07, 6.45) is 4.37. The van der Waals surface area contributed by atoms with Crippen LogP contribution in [0.2, 0.25) is 0 Å². The van der Waals surface area contributed by atoms with Crippen molar-refractivity contribution in [2.75, 3.05) is 0 Å². The molecule has 130 valence electrons. The van der Waals surface area contributed by atoms with Crippen molar-refractivity contribution >= 4 is 17.3 Å². The number of Topliss-reactive ketones (excluding diaryl/α,β-unsaturated/α-hetero) is 2. The molecule has 0 atom stereocenters. The number of ketones is 2. The molecule has 0 aromatic heterocycles. The first-order valence-electron chi connectivity index (χ1n) is 8.95. The largest absolute Gasteiger partial charge is 0.507 e. The molecule has 1 aliphatic carbocycles. The number of aryl methyl sites for hydroxylation is 1. The van der Waals surface area contributed by atoms with E-state index in [1.54, 1.807) is 6.07 Å². The number of aliphatic hydroxyl groups excluding tert-OH is 1. The molecule has 0 amide bonds. The molecule has 3 heteroatoms. The summed E-state index contributed by atoms with van der Waals surface area (Å²) in [5.41, 5.74) is 2.24. The minimum atomic E-state index is -0.548. The molecule has 0 radical (unpaired) electrons. The van der Waals surface area contributed by atoms with Crippen molar-refractivity contribution in [1.82, 2.24) is 0 Å². The molecule has 24 heavy (non-hydrogen) atoms. The van der Waals surface area contributed by atoms with Crippen LogP contribution in [0.25, 0.3) is 5.76 Å². The summed E-state index contributed by atoms with van der Waals surface area (Å²) in [5, 5.41) is 10.6. The molecule has 0 saturated heterocycles. The van der Waals surface area contributed by atoms with Gasteiger partial charge < -0.3 is 5.11 Å². The van der Waals surface area contributed by atoms with Crippen LogP contribution in [0.1, 0.15) is 74.9 Å². The summed E-state index contributed by atoms with van der Waals surface area (Å²) in [4.78, 5) is 24.6. The smallest absolute Gasteiger partial charge is 0.234 e. The van der Waals surface area contributed by atoms with Crippen molar-refractivity contribution in [3.05, 3.63) is 40.5 Å². The van der Waals surface area contributed by atoms with E-state index in [-0.39, 0.29) is 11.3 Å². The number of hydrogen-bond donors (Lipinski definition) is 1. The molecule has 0 fully saturated rings. The summed E-state index contributed by atoms with van der Waals surface area (Å²) in [6, 6.07) is 5.47. The molecule has 0 spiro atoms. The fraction of sp³-hybridized carbons (Fsp3) is 0.524. The van der Waals surface area contributed by atoms with E-state index < -0.39 is 11.6 Å². The average Bonchev–Trinajstić information content (AvgIpc) is 2.52. The predicted octanol–water partition coefficient (Wildman–Crippen LogP) is 5.14. The Balaban J connectivity index is 2.29. The summed E-state index contributed by atoms with van der Waals surface area (Å²) >= 11 is 0. The van der Waals surface area contributed by atoms with Gasteiger partial charge in [-0.3, -0.25) is 9.59 Å². The number of benzene rings is 1. The van der Waals surface area contributed by atoms with Crippen LogP contribution in [0.15, 0.2) is 23.8 Å². The number of rotatable bonds is 7. The lowest BCUT2D eigenvalue weighted by Gasteiger charge is -2.19. The van der Waals surface area contributed by atoms with Crippen LogP contribution in [0.3, 0.4) is 0 Å². The summed E-state index contributed by atoms with van der Waals surface area (Å²) < 4.78 is 0. The van der Waals surface area contributed by atoms with E-state index in [4.69, 9.17) is 0 Å². The maximum atomic E-state index is 12.3. The summed E-state index contributed by atoms with van der Waals surface area (Å²) in [6.45, 7) is 8.53. The monoisotopic (exact) mass is 328 g/mol. The fourth-order valence-electron chi connectivity index (χ4n) is 3.05. The zero-order chi connectivity index (χ0) is 17.9. The second-order valence-electron chi connectivity index (χ2n) is 7.58. The minimum absolute atomic E-state index is 0.000889. The number of allylic oxidation sites excluding steroid dienone is 1. The number of hydrogen-bond acceptors (Lipinski definition) is 3. The van der Waals surface area contributed by atoms with E-state index in [0.29, 0.717) is 29.4 Å². The molecular weight excluding hydrogens is 300 g/mol. The van der Waals surface area contributed by atoms with E-state index in [2.05, 4.69) is 27.7 Å². The van der Waals surface area contributed by atoms with Gasteiger partial charge in [0.25, 0.3) is 0 Å². The lowest BCUT2D eigenvalue weighted by atomic mass is 9.84. The van der Waals surface area contributed by atoms with Gasteiger partial charge in [0.1, 0.15) is 5.76 Å². The first kappa shape index (κ1) is 18.4. The van der Waals surface area contributed by atoms with E-state index in [1.807, 2.05) is 12.1 Å². The zero-order valence-electron chi connectivity index (χ0n) is 15.2. The van der Waals surface area contributed by atoms with Gasteiger partial charge in [0.05, 0.1) is 0 Å². The van der Waals surface area contributed by atoms with Gasteiger partial charge >= 0.3 is 0 Å². The highest BCUT2D eigenvalue weighted by atomic mass is 16.3. The highest BCUT2D eigenvalue weighted by molar-refractivity contribution is 6.52. The van der Waals surface area contributed by atoms with Gasteiger partial charge in [0.2, 0.25) is 11.6 Å². The Kier molecular flexibility index (Phi) is 5.98. The van der Waals surface area contributed by atoms with Crippen LogP contribution >= 0.6 is 0 Å². The SMILES string of the molecule is CC(C)CCCc1ccc2c(c1)C(O)=C(CCC(C)C)C(=O)C2=O. The molecule has 0 bridgehead atoms. The quantitative estimate of drug-likeness (QED) is 0.705. The Labute approximate surface area is 144 Å². The molecule has 0 heterocycles. The van der Waals surface area contributed by atoms with Gasteiger partial charge in [-0.15, -0.1) is 0 Å². The zero-order valence-corrected chi connectivity index (χ0v) is 15.2.